The highest BCUT2D eigenvalue weighted by molar-refractivity contribution is 5.97. The summed E-state index contributed by atoms with van der Waals surface area (Å²) in [7, 11) is 13.9. The minimum absolute atomic E-state index is 0. The number of hydrogen-bond donors (Lipinski definition) is 6. The molecule has 0 fully saturated rings. The molecule has 0 spiro atoms. The van der Waals surface area contributed by atoms with Gasteiger partial charge in [-0.2, -0.15) is 15.6 Å². The highest BCUT2D eigenvalue weighted by Crippen LogP contribution is 2.52. The van der Waals surface area contributed by atoms with Crippen LogP contribution < -0.4 is 5.73 Å². The smallest absolute Gasteiger partial charge is 0.335 e. The molecular weight excluding hydrogens is 1220 g/mol. The standard InChI is InChI=1S/C25H30N6O2.C24H29N7O2.C21H20N4O4.CH4/c1-15(2)14-25(24-26-28-29-27-24)20-9-7-16(22(32)30(3)4)11-18(20)13-19-12-17(8-10-21(19)25)23(33)31(5)6;1-14(25)13-24(23-26-28-29-27-23)19-8-6-15(21(32)30(2)3)10-17(19)12-18-11-16(7-9-20(18)24)22(33)31(4)5;1-11(2)10-21(20-22-24-25-23-20)16-5-3-12(18(26)27)7-14(16)9-15-8-13(19(28)29)4-6-17(15)21;/h7-12,15H,13-14H2,1-6H3,(H,26,27,28,29);6-11,14H,12-13,25H2,1-5H3,(H,26,27,28,29);3-8,11H,9-10H2,1-2H3,(H,26,27)(H,28,29)(H,22,23,24,25);1H4/t;14-;;/m.0../s1. The molecular formula is C71H83N17O8. The van der Waals surface area contributed by atoms with Crippen LogP contribution in [0.5, 0.6) is 0 Å². The molecule has 96 heavy (non-hydrogen) atoms. The number of nitrogens with two attached hydrogens (primary N) is 1. The molecule has 0 saturated heterocycles. The lowest BCUT2D eigenvalue weighted by Gasteiger charge is -2.40. The topological polar surface area (TPSA) is 345 Å². The van der Waals surface area contributed by atoms with Crippen LogP contribution >= 0.6 is 0 Å². The molecule has 0 bridgehead atoms. The maximum atomic E-state index is 12.7. The van der Waals surface area contributed by atoms with E-state index in [0.29, 0.717) is 77.7 Å². The van der Waals surface area contributed by atoms with E-state index in [1.54, 1.807) is 100 Å². The fraction of sp³-hybridized carbons (Fsp3) is 0.366. The van der Waals surface area contributed by atoms with Gasteiger partial charge < -0.3 is 35.5 Å². The van der Waals surface area contributed by atoms with Gasteiger partial charge in [0, 0.05) is 84.7 Å². The van der Waals surface area contributed by atoms with Crippen molar-refractivity contribution >= 4 is 35.6 Å². The molecule has 6 aromatic carbocycles. The van der Waals surface area contributed by atoms with Gasteiger partial charge in [-0.25, -0.2) is 9.59 Å². The van der Waals surface area contributed by atoms with E-state index in [2.05, 4.69) is 89.6 Å². The van der Waals surface area contributed by atoms with Crippen LogP contribution in [0, 0.1) is 11.8 Å². The van der Waals surface area contributed by atoms with Crippen molar-refractivity contribution in [2.24, 2.45) is 17.6 Å². The Bertz CT molecular complexity index is 3990. The van der Waals surface area contributed by atoms with E-state index >= 15 is 0 Å². The maximum Gasteiger partial charge on any atom is 0.335 e. The Balaban J connectivity index is 0.000000169. The molecule has 9 aromatic rings. The molecule has 12 rings (SSSR count). The molecule has 3 aromatic heterocycles. The minimum Gasteiger partial charge on any atom is -0.478 e. The monoisotopic (exact) mass is 1300 g/mol. The number of rotatable bonds is 15. The quantitative estimate of drug-likeness (QED) is 0.0566. The first kappa shape index (κ1) is 69.6. The number of nitrogens with zero attached hydrogens (tertiary/aromatic N) is 13. The van der Waals surface area contributed by atoms with Crippen LogP contribution in [0.15, 0.2) is 109 Å². The Kier molecular flexibility index (Phi) is 20.1. The fourth-order valence-electron chi connectivity index (χ4n) is 14.2. The van der Waals surface area contributed by atoms with Crippen molar-refractivity contribution in [1.82, 2.24) is 81.5 Å². The van der Waals surface area contributed by atoms with Crippen molar-refractivity contribution in [3.8, 4) is 0 Å². The largest absolute Gasteiger partial charge is 0.478 e. The number of nitrogens with one attached hydrogen (secondary N) is 3. The number of tetrazole rings is 3. The van der Waals surface area contributed by atoms with Gasteiger partial charge in [0.2, 0.25) is 0 Å². The van der Waals surface area contributed by atoms with E-state index in [-0.39, 0.29) is 54.1 Å². The van der Waals surface area contributed by atoms with Crippen LogP contribution in [0.1, 0.15) is 208 Å². The SMILES string of the molecule is C.CC(C)CC1(c2nn[nH]n2)c2ccc(C(=O)N(C)C)cc2Cc2cc(C(=O)N(C)C)ccc21.CC(C)CC1(c2nn[nH]n2)c2ccc(C(=O)O)cc2Cc2cc(C(=O)O)ccc21.C[C@H](N)CC1(c2nn[nH]n2)c2ccc(C(=O)N(C)C)cc2Cc2cc(C(=O)N(C)C)ccc21. The molecule has 25 heteroatoms. The van der Waals surface area contributed by atoms with E-state index < -0.39 is 28.2 Å². The van der Waals surface area contributed by atoms with Crippen molar-refractivity contribution < 1.29 is 39.0 Å². The number of carbonyl (C=O) groups excluding carboxylic acids is 4. The third-order valence-electron chi connectivity index (χ3n) is 17.9. The summed E-state index contributed by atoms with van der Waals surface area (Å²) >= 11 is 0. The summed E-state index contributed by atoms with van der Waals surface area (Å²) in [5.74, 6) is -0.0761. The molecule has 3 aliphatic carbocycles. The number of carbonyl (C=O) groups is 6. The van der Waals surface area contributed by atoms with Crippen molar-refractivity contribution in [2.45, 2.75) is 103 Å². The predicted octanol–water partition coefficient (Wildman–Crippen LogP) is 7.98. The lowest BCUT2D eigenvalue weighted by molar-refractivity contribution is 0.0686. The number of aromatic amines is 3. The molecule has 1 atom stereocenters. The second kappa shape index (κ2) is 27.7. The van der Waals surface area contributed by atoms with Crippen molar-refractivity contribution in [3.63, 3.8) is 0 Å². The Morgan fingerprint density at radius 3 is 0.802 bits per heavy atom. The van der Waals surface area contributed by atoms with Gasteiger partial charge in [0.05, 0.1) is 27.4 Å². The Morgan fingerprint density at radius 2 is 0.615 bits per heavy atom. The zero-order valence-corrected chi connectivity index (χ0v) is 55.6. The summed E-state index contributed by atoms with van der Waals surface area (Å²) in [6.07, 6.45) is 3.58. The number of amides is 4. The summed E-state index contributed by atoms with van der Waals surface area (Å²) < 4.78 is 0. The first-order valence-corrected chi connectivity index (χ1v) is 31.2. The molecule has 3 aliphatic rings. The summed E-state index contributed by atoms with van der Waals surface area (Å²) in [5, 5.41) is 64.3. The number of aromatic nitrogens is 12. The van der Waals surface area contributed by atoms with Gasteiger partial charge in [-0.1, -0.05) is 87.2 Å². The van der Waals surface area contributed by atoms with Gasteiger partial charge >= 0.3 is 11.9 Å². The molecule has 25 nitrogen and oxygen atoms in total. The van der Waals surface area contributed by atoms with Gasteiger partial charge in [0.15, 0.2) is 17.5 Å². The highest BCUT2D eigenvalue weighted by atomic mass is 16.4. The average molecular weight is 1300 g/mol. The third kappa shape index (κ3) is 12.9. The number of hydrogen-bond acceptors (Lipinski definition) is 16. The van der Waals surface area contributed by atoms with E-state index in [4.69, 9.17) is 5.73 Å². The molecule has 0 radical (unpaired) electrons. The van der Waals surface area contributed by atoms with Gasteiger partial charge in [0.1, 0.15) is 0 Å². The van der Waals surface area contributed by atoms with Crippen molar-refractivity contribution in [1.29, 1.82) is 0 Å². The summed E-state index contributed by atoms with van der Waals surface area (Å²) in [6, 6.07) is 33.2. The second-order valence-electron chi connectivity index (χ2n) is 26.5. The Morgan fingerprint density at radius 1 is 0.396 bits per heavy atom. The Hall–Kier alpha value is -10.7. The number of benzene rings is 6. The van der Waals surface area contributed by atoms with Crippen LogP contribution in [-0.2, 0) is 35.5 Å². The van der Waals surface area contributed by atoms with Gasteiger partial charge in [-0.05, 0) is 197 Å². The van der Waals surface area contributed by atoms with Gasteiger partial charge in [-0.15, -0.1) is 30.6 Å². The fourth-order valence-corrected chi connectivity index (χ4v) is 14.2. The van der Waals surface area contributed by atoms with Crippen molar-refractivity contribution in [2.75, 3.05) is 56.4 Å². The van der Waals surface area contributed by atoms with E-state index in [9.17, 15) is 39.0 Å². The number of aromatic carboxylic acids is 2. The average Bonchev–Trinajstić information content (AvgIpc) is 1.03. The molecule has 0 saturated carbocycles. The van der Waals surface area contributed by atoms with Crippen molar-refractivity contribution in [3.05, 3.63) is 227 Å². The lowest BCUT2D eigenvalue weighted by Crippen LogP contribution is -2.41. The van der Waals surface area contributed by atoms with Gasteiger partial charge in [0.25, 0.3) is 23.6 Å². The molecule has 0 aliphatic heterocycles. The zero-order chi connectivity index (χ0) is 68.6. The highest BCUT2D eigenvalue weighted by Gasteiger charge is 2.49. The first-order valence-electron chi connectivity index (χ1n) is 31.2. The number of H-pyrrole nitrogens is 3. The first-order chi connectivity index (χ1) is 45.1. The normalized spacial score (nSPS) is 14.2. The maximum absolute atomic E-state index is 12.7. The predicted molar refractivity (Wildman–Crippen MR) is 359 cm³/mol. The molecule has 4 amide bonds. The van der Waals surface area contributed by atoms with E-state index in [1.165, 1.54) is 0 Å². The van der Waals surface area contributed by atoms with Crippen LogP contribution in [-0.4, -0.2) is 190 Å². The molecule has 500 valence electrons. The third-order valence-corrected chi connectivity index (χ3v) is 17.9. The summed E-state index contributed by atoms with van der Waals surface area (Å²) in [6.45, 7) is 10.5. The van der Waals surface area contributed by atoms with Crippen LogP contribution in [0.3, 0.4) is 0 Å². The lowest BCUT2D eigenvalue weighted by atomic mass is 9.62. The van der Waals surface area contributed by atoms with E-state index in [1.807, 2.05) is 91.9 Å². The van der Waals surface area contributed by atoms with Crippen LogP contribution in [0.4, 0.5) is 0 Å². The van der Waals surface area contributed by atoms with Crippen LogP contribution in [0.2, 0.25) is 0 Å². The second-order valence-corrected chi connectivity index (χ2v) is 26.5. The molecule has 3 heterocycles. The number of carboxylic acids is 2. The number of carboxylic acid groups (broad SMARTS) is 2. The van der Waals surface area contributed by atoms with E-state index in [0.717, 1.165) is 73.2 Å². The molecule has 7 N–H and O–H groups in total. The van der Waals surface area contributed by atoms with Crippen LogP contribution in [0.25, 0.3) is 0 Å². The minimum atomic E-state index is -1.01. The number of fused-ring (bicyclic) bond motifs is 6. The summed E-state index contributed by atoms with van der Waals surface area (Å²) in [5.41, 5.74) is 18.7. The Labute approximate surface area is 557 Å². The zero-order valence-electron chi connectivity index (χ0n) is 55.6. The van der Waals surface area contributed by atoms with Gasteiger partial charge in [-0.3, -0.25) is 19.2 Å². The summed E-state index contributed by atoms with van der Waals surface area (Å²) in [4.78, 5) is 80.1. The molecule has 0 unspecified atom stereocenters.